The quantitative estimate of drug-likeness (QED) is 0.822. The largest absolute Gasteiger partial charge is 0.497 e. The summed E-state index contributed by atoms with van der Waals surface area (Å²) < 4.78 is 21.6. The molecule has 0 aliphatic carbocycles. The number of carbonyl (C=O) groups excluding carboxylic acids is 1. The lowest BCUT2D eigenvalue weighted by molar-refractivity contribution is -0.116. The molecule has 138 valence electrons. The van der Waals surface area contributed by atoms with Gasteiger partial charge in [0.2, 0.25) is 5.91 Å². The van der Waals surface area contributed by atoms with Gasteiger partial charge in [0.25, 0.3) is 0 Å². The van der Waals surface area contributed by atoms with Crippen molar-refractivity contribution in [3.8, 4) is 23.0 Å². The number of ether oxygens (including phenoxy) is 4. The number of hydrogen-bond donors (Lipinski definition) is 1. The van der Waals surface area contributed by atoms with Crippen LogP contribution in [-0.2, 0) is 11.2 Å². The molecule has 2 aromatic rings. The second kappa shape index (κ2) is 8.47. The Hall–Kier alpha value is -2.89. The molecular weight excluding hydrogens is 334 g/mol. The molecule has 0 bridgehead atoms. The molecule has 6 nitrogen and oxygen atoms in total. The number of anilines is 1. The van der Waals surface area contributed by atoms with E-state index in [1.807, 2.05) is 18.2 Å². The third-order valence-corrected chi connectivity index (χ3v) is 4.16. The molecule has 26 heavy (non-hydrogen) atoms. The Kier molecular flexibility index (Phi) is 5.84. The van der Waals surface area contributed by atoms with Crippen molar-refractivity contribution >= 4 is 11.6 Å². The molecule has 1 N–H and O–H groups in total. The van der Waals surface area contributed by atoms with Crippen LogP contribution in [-0.4, -0.2) is 33.3 Å². The van der Waals surface area contributed by atoms with Gasteiger partial charge in [-0.1, -0.05) is 6.07 Å². The fourth-order valence-corrected chi connectivity index (χ4v) is 2.82. The molecule has 0 radical (unpaired) electrons. The molecular formula is C20H23NO5. The molecule has 0 unspecified atom stereocenters. The van der Waals surface area contributed by atoms with E-state index in [2.05, 4.69) is 5.32 Å². The Bertz CT molecular complexity index is 775. The van der Waals surface area contributed by atoms with E-state index in [1.54, 1.807) is 32.4 Å². The second-order valence-electron chi connectivity index (χ2n) is 5.95. The van der Waals surface area contributed by atoms with Crippen LogP contribution < -0.4 is 24.3 Å². The Labute approximate surface area is 153 Å². The zero-order valence-corrected chi connectivity index (χ0v) is 15.0. The SMILES string of the molecule is COc1ccc(OC)c(NC(=O)CCCc2ccc3c(c2)OCCO3)c1. The standard InChI is InChI=1S/C20H23NO5/c1-23-15-7-9-17(24-2)16(13-15)21-20(22)5-3-4-14-6-8-18-19(12-14)26-11-10-25-18/h6-9,12-13H,3-5,10-11H2,1-2H3,(H,21,22). The lowest BCUT2D eigenvalue weighted by Crippen LogP contribution is -2.15. The molecule has 0 atom stereocenters. The maximum Gasteiger partial charge on any atom is 0.224 e. The predicted molar refractivity (Wildman–Crippen MR) is 98.5 cm³/mol. The minimum absolute atomic E-state index is 0.0610. The maximum absolute atomic E-state index is 12.3. The lowest BCUT2D eigenvalue weighted by atomic mass is 10.1. The summed E-state index contributed by atoms with van der Waals surface area (Å²) in [6.45, 7) is 1.15. The van der Waals surface area contributed by atoms with Crippen LogP contribution in [0, 0.1) is 0 Å². The highest BCUT2D eigenvalue weighted by Crippen LogP contribution is 2.31. The van der Waals surface area contributed by atoms with Crippen LogP contribution in [0.2, 0.25) is 0 Å². The highest BCUT2D eigenvalue weighted by atomic mass is 16.6. The number of aryl methyl sites for hydroxylation is 1. The van der Waals surface area contributed by atoms with Crippen LogP contribution in [0.4, 0.5) is 5.69 Å². The van der Waals surface area contributed by atoms with Gasteiger partial charge in [-0.15, -0.1) is 0 Å². The van der Waals surface area contributed by atoms with Crippen LogP contribution in [0.15, 0.2) is 36.4 Å². The van der Waals surface area contributed by atoms with E-state index in [4.69, 9.17) is 18.9 Å². The van der Waals surface area contributed by atoms with Crippen molar-refractivity contribution < 1.29 is 23.7 Å². The molecule has 1 amide bonds. The van der Waals surface area contributed by atoms with Crippen molar-refractivity contribution in [1.82, 2.24) is 0 Å². The van der Waals surface area contributed by atoms with E-state index in [9.17, 15) is 4.79 Å². The van der Waals surface area contributed by atoms with E-state index in [-0.39, 0.29) is 5.91 Å². The first kappa shape index (κ1) is 17.9. The third-order valence-electron chi connectivity index (χ3n) is 4.16. The fraction of sp³-hybridized carbons (Fsp3) is 0.350. The van der Waals surface area contributed by atoms with Gasteiger partial charge in [-0.3, -0.25) is 4.79 Å². The summed E-state index contributed by atoms with van der Waals surface area (Å²) in [7, 11) is 3.15. The van der Waals surface area contributed by atoms with Crippen molar-refractivity contribution in [2.24, 2.45) is 0 Å². The Balaban J connectivity index is 1.53. The molecule has 0 saturated heterocycles. The topological polar surface area (TPSA) is 66.0 Å². The zero-order valence-electron chi connectivity index (χ0n) is 15.0. The van der Waals surface area contributed by atoms with Gasteiger partial charge in [-0.05, 0) is 42.7 Å². The summed E-state index contributed by atoms with van der Waals surface area (Å²) in [5, 5.41) is 2.88. The van der Waals surface area contributed by atoms with Crippen molar-refractivity contribution in [2.45, 2.75) is 19.3 Å². The van der Waals surface area contributed by atoms with Gasteiger partial charge in [0.1, 0.15) is 24.7 Å². The van der Waals surface area contributed by atoms with Gasteiger partial charge < -0.3 is 24.3 Å². The van der Waals surface area contributed by atoms with Gasteiger partial charge in [-0.25, -0.2) is 0 Å². The Morgan fingerprint density at radius 3 is 2.62 bits per heavy atom. The van der Waals surface area contributed by atoms with Gasteiger partial charge in [0, 0.05) is 12.5 Å². The zero-order chi connectivity index (χ0) is 18.4. The Morgan fingerprint density at radius 1 is 1.04 bits per heavy atom. The van der Waals surface area contributed by atoms with Crippen molar-refractivity contribution in [3.63, 3.8) is 0 Å². The lowest BCUT2D eigenvalue weighted by Gasteiger charge is -2.18. The number of carbonyl (C=O) groups is 1. The molecule has 1 aliphatic heterocycles. The molecule has 0 spiro atoms. The monoisotopic (exact) mass is 357 g/mol. The van der Waals surface area contributed by atoms with E-state index >= 15 is 0 Å². The third kappa shape index (κ3) is 4.39. The molecule has 1 heterocycles. The number of amides is 1. The fourth-order valence-electron chi connectivity index (χ4n) is 2.82. The van der Waals surface area contributed by atoms with Crippen LogP contribution in [0.25, 0.3) is 0 Å². The summed E-state index contributed by atoms with van der Waals surface area (Å²) in [6, 6.07) is 11.2. The van der Waals surface area contributed by atoms with Crippen molar-refractivity contribution in [2.75, 3.05) is 32.8 Å². The van der Waals surface area contributed by atoms with E-state index < -0.39 is 0 Å². The highest BCUT2D eigenvalue weighted by molar-refractivity contribution is 5.92. The van der Waals surface area contributed by atoms with Gasteiger partial charge in [0.15, 0.2) is 11.5 Å². The first-order valence-electron chi connectivity index (χ1n) is 8.60. The van der Waals surface area contributed by atoms with Gasteiger partial charge in [0.05, 0.1) is 19.9 Å². The van der Waals surface area contributed by atoms with E-state index in [0.717, 1.165) is 29.9 Å². The van der Waals surface area contributed by atoms with E-state index in [1.165, 1.54) is 0 Å². The van der Waals surface area contributed by atoms with Crippen LogP contribution in [0.5, 0.6) is 23.0 Å². The Morgan fingerprint density at radius 2 is 1.85 bits per heavy atom. The van der Waals surface area contributed by atoms with Gasteiger partial charge in [-0.2, -0.15) is 0 Å². The minimum atomic E-state index is -0.0610. The molecule has 3 rings (SSSR count). The van der Waals surface area contributed by atoms with Crippen LogP contribution >= 0.6 is 0 Å². The second-order valence-corrected chi connectivity index (χ2v) is 5.95. The van der Waals surface area contributed by atoms with Crippen molar-refractivity contribution in [3.05, 3.63) is 42.0 Å². The summed E-state index contributed by atoms with van der Waals surface area (Å²) >= 11 is 0. The number of nitrogens with one attached hydrogen (secondary N) is 1. The normalized spacial score (nSPS) is 12.4. The number of fused-ring (bicyclic) bond motifs is 1. The average Bonchev–Trinajstić information content (AvgIpc) is 2.67. The molecule has 6 heteroatoms. The molecule has 0 saturated carbocycles. The van der Waals surface area contributed by atoms with Crippen molar-refractivity contribution in [1.29, 1.82) is 0 Å². The van der Waals surface area contributed by atoms with Gasteiger partial charge >= 0.3 is 0 Å². The molecule has 1 aliphatic rings. The molecule has 0 fully saturated rings. The number of hydrogen-bond acceptors (Lipinski definition) is 5. The molecule has 0 aromatic heterocycles. The highest BCUT2D eigenvalue weighted by Gasteiger charge is 2.12. The minimum Gasteiger partial charge on any atom is -0.497 e. The number of methoxy groups -OCH3 is 2. The first-order valence-corrected chi connectivity index (χ1v) is 8.60. The van der Waals surface area contributed by atoms with Crippen LogP contribution in [0.3, 0.4) is 0 Å². The smallest absolute Gasteiger partial charge is 0.224 e. The summed E-state index contributed by atoms with van der Waals surface area (Å²) in [6.07, 6.45) is 1.94. The van der Waals surface area contributed by atoms with E-state index in [0.29, 0.717) is 36.8 Å². The number of rotatable bonds is 7. The average molecular weight is 357 g/mol. The summed E-state index contributed by atoms with van der Waals surface area (Å²) in [5.74, 6) is 2.76. The summed E-state index contributed by atoms with van der Waals surface area (Å²) in [5.41, 5.74) is 1.73. The summed E-state index contributed by atoms with van der Waals surface area (Å²) in [4.78, 5) is 12.3. The first-order chi connectivity index (χ1) is 12.7. The molecule has 2 aromatic carbocycles. The van der Waals surface area contributed by atoms with Crippen LogP contribution in [0.1, 0.15) is 18.4 Å². The predicted octanol–water partition coefficient (Wildman–Crippen LogP) is 3.44. The number of benzene rings is 2. The maximum atomic E-state index is 12.3.